The normalized spacial score (nSPS) is 11.7. The lowest BCUT2D eigenvalue weighted by molar-refractivity contribution is -0.909. The fourth-order valence-corrected chi connectivity index (χ4v) is 3.19. The molecule has 0 spiro atoms. The molecular formula is C19H33NO6. The monoisotopic (exact) mass is 371 g/mol. The molecule has 0 aromatic rings. The number of hydrogen-bond donors (Lipinski definition) is 2. The molecule has 2 N–H and O–H groups in total. The summed E-state index contributed by atoms with van der Waals surface area (Å²) in [6.45, 7) is 0.604. The van der Waals surface area contributed by atoms with E-state index < -0.39 is 42.0 Å². The summed E-state index contributed by atoms with van der Waals surface area (Å²) in [6.07, 6.45) is 13.6. The van der Waals surface area contributed by atoms with Gasteiger partial charge in [-0.25, -0.2) is 9.59 Å². The van der Waals surface area contributed by atoms with E-state index in [0.717, 1.165) is 32.1 Å². The maximum atomic E-state index is 11.1. The molecule has 0 amide bonds. The first-order valence-corrected chi connectivity index (χ1v) is 9.41. The molecule has 150 valence electrons. The van der Waals surface area contributed by atoms with E-state index in [1.807, 2.05) is 6.92 Å². The molecule has 26 heavy (non-hydrogen) atoms. The van der Waals surface area contributed by atoms with Gasteiger partial charge in [0.25, 0.3) is 0 Å². The second kappa shape index (κ2) is 14.3. The number of aliphatic carboxylic acids is 3. The van der Waals surface area contributed by atoms with Gasteiger partial charge >= 0.3 is 11.9 Å². The van der Waals surface area contributed by atoms with Gasteiger partial charge in [0.1, 0.15) is 6.54 Å². The number of quaternary nitrogens is 1. The van der Waals surface area contributed by atoms with Gasteiger partial charge in [-0.3, -0.25) is 0 Å². The number of rotatable bonds is 17. The van der Waals surface area contributed by atoms with Gasteiger partial charge in [0.2, 0.25) is 0 Å². The average molecular weight is 371 g/mol. The maximum Gasteiger partial charge on any atom is 0.359 e. The molecule has 0 saturated carbocycles. The summed E-state index contributed by atoms with van der Waals surface area (Å²) in [6, 6.07) is 0. The highest BCUT2D eigenvalue weighted by Crippen LogP contribution is 2.14. The van der Waals surface area contributed by atoms with Crippen LogP contribution in [0.4, 0.5) is 0 Å². The van der Waals surface area contributed by atoms with Crippen molar-refractivity contribution in [2.75, 3.05) is 26.2 Å². The Morgan fingerprint density at radius 3 is 1.69 bits per heavy atom. The van der Waals surface area contributed by atoms with Gasteiger partial charge in [-0.05, 0) is 32.6 Å². The third-order valence-corrected chi connectivity index (χ3v) is 4.39. The summed E-state index contributed by atoms with van der Waals surface area (Å²) < 4.78 is -0.502. The number of hydrogen-bond acceptors (Lipinski definition) is 4. The number of carbonyl (C=O) groups is 3. The Hall–Kier alpha value is -1.89. The molecule has 0 bridgehead atoms. The Labute approximate surface area is 155 Å². The van der Waals surface area contributed by atoms with Crippen molar-refractivity contribution in [3.63, 3.8) is 0 Å². The van der Waals surface area contributed by atoms with Crippen LogP contribution in [-0.4, -0.2) is 58.8 Å². The molecule has 0 aromatic heterocycles. The lowest BCUT2D eigenvalue weighted by Crippen LogP contribution is -2.59. The van der Waals surface area contributed by atoms with Crippen molar-refractivity contribution < 1.29 is 34.2 Å². The first-order valence-electron chi connectivity index (χ1n) is 9.41. The van der Waals surface area contributed by atoms with Crippen LogP contribution in [0.3, 0.4) is 0 Å². The molecule has 0 radical (unpaired) electrons. The maximum absolute atomic E-state index is 11.1. The van der Waals surface area contributed by atoms with Crippen LogP contribution in [0.1, 0.15) is 64.7 Å². The molecule has 0 heterocycles. The quantitative estimate of drug-likeness (QED) is 0.229. The number of unbranched alkanes of at least 4 members (excludes halogenated alkanes) is 8. The minimum Gasteiger partial charge on any atom is -0.544 e. The third-order valence-electron chi connectivity index (χ3n) is 4.39. The zero-order valence-electron chi connectivity index (χ0n) is 15.8. The van der Waals surface area contributed by atoms with Crippen molar-refractivity contribution in [2.45, 2.75) is 64.7 Å². The molecule has 0 aliphatic rings. The van der Waals surface area contributed by atoms with Crippen molar-refractivity contribution in [3.05, 3.63) is 12.2 Å². The standard InChI is InChI=1S/C19H33NO6/c1-2-3-4-5-6-7-8-9-10-11-12-13-20(14-17(21)22,15-18(23)24)16-19(25)26/h2-3H,4-16H2,1H3,(H2-,21,22,23,24,25,26)/b3-2+. The van der Waals surface area contributed by atoms with E-state index in [2.05, 4.69) is 12.2 Å². The van der Waals surface area contributed by atoms with Crippen LogP contribution in [0.25, 0.3) is 0 Å². The van der Waals surface area contributed by atoms with Gasteiger partial charge < -0.3 is 24.6 Å². The van der Waals surface area contributed by atoms with Crippen LogP contribution >= 0.6 is 0 Å². The van der Waals surface area contributed by atoms with Crippen LogP contribution in [0.15, 0.2) is 12.2 Å². The molecule has 0 aliphatic carbocycles. The van der Waals surface area contributed by atoms with E-state index in [-0.39, 0.29) is 6.54 Å². The Morgan fingerprint density at radius 1 is 0.808 bits per heavy atom. The zero-order chi connectivity index (χ0) is 19.8. The Morgan fingerprint density at radius 2 is 1.27 bits per heavy atom. The summed E-state index contributed by atoms with van der Waals surface area (Å²) in [4.78, 5) is 33.1. The SMILES string of the molecule is C/C=C/CCCCCCCCCC[N+](CC(=O)[O-])(CC(=O)O)CC(=O)O. The van der Waals surface area contributed by atoms with Crippen LogP contribution in [0.5, 0.6) is 0 Å². The summed E-state index contributed by atoms with van der Waals surface area (Å²) in [5.74, 6) is -3.83. The van der Waals surface area contributed by atoms with E-state index in [1.165, 1.54) is 19.3 Å². The fraction of sp³-hybridized carbons (Fsp3) is 0.737. The molecule has 0 rings (SSSR count). The average Bonchev–Trinajstić information content (AvgIpc) is 2.50. The molecule has 0 aliphatic heterocycles. The summed E-state index contributed by atoms with van der Waals surface area (Å²) >= 11 is 0. The smallest absolute Gasteiger partial charge is 0.359 e. The zero-order valence-corrected chi connectivity index (χ0v) is 15.8. The molecule has 0 unspecified atom stereocenters. The second-order valence-electron chi connectivity index (χ2n) is 6.89. The van der Waals surface area contributed by atoms with Gasteiger partial charge in [-0.2, -0.15) is 0 Å². The second-order valence-corrected chi connectivity index (χ2v) is 6.89. The van der Waals surface area contributed by atoms with Crippen LogP contribution in [-0.2, 0) is 14.4 Å². The van der Waals surface area contributed by atoms with Crippen LogP contribution < -0.4 is 5.11 Å². The van der Waals surface area contributed by atoms with Gasteiger partial charge in [0.15, 0.2) is 13.1 Å². The third kappa shape index (κ3) is 13.4. The number of carboxylic acid groups (broad SMARTS) is 3. The van der Waals surface area contributed by atoms with E-state index in [0.29, 0.717) is 6.42 Å². The minimum atomic E-state index is -1.43. The lowest BCUT2D eigenvalue weighted by atomic mass is 10.1. The van der Waals surface area contributed by atoms with Gasteiger partial charge in [0.05, 0.1) is 12.5 Å². The van der Waals surface area contributed by atoms with Crippen molar-refractivity contribution in [3.8, 4) is 0 Å². The highest BCUT2D eigenvalue weighted by atomic mass is 16.4. The van der Waals surface area contributed by atoms with Crippen molar-refractivity contribution in [1.29, 1.82) is 0 Å². The van der Waals surface area contributed by atoms with Gasteiger partial charge in [-0.1, -0.05) is 44.3 Å². The molecule has 0 aromatic carbocycles. The number of allylic oxidation sites excluding steroid dienone is 2. The van der Waals surface area contributed by atoms with E-state index >= 15 is 0 Å². The summed E-state index contributed by atoms with van der Waals surface area (Å²) in [7, 11) is 0. The van der Waals surface area contributed by atoms with E-state index in [1.54, 1.807) is 0 Å². The van der Waals surface area contributed by atoms with Crippen LogP contribution in [0.2, 0.25) is 0 Å². The molecule has 7 heteroatoms. The molecule has 7 nitrogen and oxygen atoms in total. The number of carbonyl (C=O) groups excluding carboxylic acids is 1. The van der Waals surface area contributed by atoms with Crippen LogP contribution in [0, 0.1) is 0 Å². The summed E-state index contributed by atoms with van der Waals surface area (Å²) in [5.41, 5.74) is 0. The summed E-state index contributed by atoms with van der Waals surface area (Å²) in [5, 5.41) is 29.0. The first kappa shape index (κ1) is 24.1. The predicted molar refractivity (Wildman–Crippen MR) is 96.4 cm³/mol. The predicted octanol–water partition coefficient (Wildman–Crippen LogP) is 1.81. The van der Waals surface area contributed by atoms with Gasteiger partial charge in [-0.15, -0.1) is 0 Å². The highest BCUT2D eigenvalue weighted by molar-refractivity contribution is 5.72. The molecule has 0 fully saturated rings. The first-order chi connectivity index (χ1) is 12.3. The lowest BCUT2D eigenvalue weighted by Gasteiger charge is -2.36. The Kier molecular flexibility index (Phi) is 13.3. The highest BCUT2D eigenvalue weighted by Gasteiger charge is 2.33. The molecular weight excluding hydrogens is 338 g/mol. The Balaban J connectivity index is 4.17. The van der Waals surface area contributed by atoms with E-state index in [9.17, 15) is 19.5 Å². The molecule has 0 saturated heterocycles. The van der Waals surface area contributed by atoms with Gasteiger partial charge in [0, 0.05) is 0 Å². The minimum absolute atomic E-state index is 0.218. The van der Waals surface area contributed by atoms with E-state index in [4.69, 9.17) is 10.2 Å². The number of nitrogens with zero attached hydrogens (tertiary/aromatic N) is 1. The largest absolute Gasteiger partial charge is 0.544 e. The Bertz CT molecular complexity index is 420. The topological polar surface area (TPSA) is 115 Å². The molecule has 0 atom stereocenters. The number of carboxylic acids is 3. The van der Waals surface area contributed by atoms with Crippen molar-refractivity contribution >= 4 is 17.9 Å². The van der Waals surface area contributed by atoms with Crippen molar-refractivity contribution in [2.24, 2.45) is 0 Å². The van der Waals surface area contributed by atoms with Crippen molar-refractivity contribution in [1.82, 2.24) is 0 Å². The fourth-order valence-electron chi connectivity index (χ4n) is 3.19.